The van der Waals surface area contributed by atoms with Crippen LogP contribution in [0.2, 0.25) is 5.02 Å². The number of benzene rings is 2. The zero-order valence-electron chi connectivity index (χ0n) is 14.8. The molecule has 0 aromatic heterocycles. The molecule has 0 aliphatic heterocycles. The molecule has 0 aliphatic carbocycles. The number of aryl methyl sites for hydroxylation is 1. The number of hydrogen-bond donors (Lipinski definition) is 0. The largest absolute Gasteiger partial charge is 0.496 e. The molecule has 0 radical (unpaired) electrons. The molecule has 6 heteroatoms. The Hall–Kier alpha value is -2.40. The van der Waals surface area contributed by atoms with E-state index in [-0.39, 0.29) is 12.5 Å². The van der Waals surface area contributed by atoms with Crippen molar-refractivity contribution in [3.63, 3.8) is 0 Å². The Bertz CT molecular complexity index is 748. The molecular weight excluding hydrogens is 342 g/mol. The van der Waals surface area contributed by atoms with Crippen molar-refractivity contribution in [2.75, 3.05) is 27.9 Å². The standard InChI is InChI=1S/C19H22ClNO4/c1-13-5-7-17(18(9-13)24-4)25-12-19(22)21(2)11-14-10-15(20)6-8-16(14)23-3/h5-10H,11-12H2,1-4H3. The van der Waals surface area contributed by atoms with Gasteiger partial charge in [0.1, 0.15) is 5.75 Å². The molecule has 0 atom stereocenters. The molecule has 0 saturated carbocycles. The van der Waals surface area contributed by atoms with E-state index in [9.17, 15) is 4.79 Å². The molecule has 0 spiro atoms. The summed E-state index contributed by atoms with van der Waals surface area (Å²) in [6.07, 6.45) is 0. The van der Waals surface area contributed by atoms with Gasteiger partial charge < -0.3 is 19.1 Å². The zero-order valence-corrected chi connectivity index (χ0v) is 15.6. The lowest BCUT2D eigenvalue weighted by atomic mass is 10.2. The Balaban J connectivity index is 2.00. The van der Waals surface area contributed by atoms with E-state index in [0.717, 1.165) is 11.1 Å². The number of nitrogens with zero attached hydrogens (tertiary/aromatic N) is 1. The number of carbonyl (C=O) groups is 1. The third kappa shape index (κ3) is 5.03. The van der Waals surface area contributed by atoms with E-state index in [2.05, 4.69) is 0 Å². The second-order valence-electron chi connectivity index (χ2n) is 5.65. The van der Waals surface area contributed by atoms with Crippen molar-refractivity contribution in [1.29, 1.82) is 0 Å². The van der Waals surface area contributed by atoms with Crippen molar-refractivity contribution < 1.29 is 19.0 Å². The fraction of sp³-hybridized carbons (Fsp3) is 0.316. The van der Waals surface area contributed by atoms with Gasteiger partial charge in [0.05, 0.1) is 14.2 Å². The van der Waals surface area contributed by atoms with Crippen molar-refractivity contribution in [1.82, 2.24) is 4.90 Å². The van der Waals surface area contributed by atoms with Gasteiger partial charge in [-0.1, -0.05) is 17.7 Å². The summed E-state index contributed by atoms with van der Waals surface area (Å²) >= 11 is 6.03. The molecule has 2 rings (SSSR count). The van der Waals surface area contributed by atoms with Gasteiger partial charge in [0.2, 0.25) is 0 Å². The van der Waals surface area contributed by atoms with E-state index in [4.69, 9.17) is 25.8 Å². The van der Waals surface area contributed by atoms with Crippen LogP contribution in [-0.4, -0.2) is 38.7 Å². The van der Waals surface area contributed by atoms with Crippen LogP contribution in [-0.2, 0) is 11.3 Å². The van der Waals surface area contributed by atoms with Crippen molar-refractivity contribution >= 4 is 17.5 Å². The summed E-state index contributed by atoms with van der Waals surface area (Å²) in [6.45, 7) is 2.25. The van der Waals surface area contributed by atoms with Crippen molar-refractivity contribution in [3.05, 3.63) is 52.5 Å². The summed E-state index contributed by atoms with van der Waals surface area (Å²) in [5.74, 6) is 1.66. The Morgan fingerprint density at radius 1 is 1.04 bits per heavy atom. The van der Waals surface area contributed by atoms with Crippen molar-refractivity contribution in [2.24, 2.45) is 0 Å². The number of amides is 1. The average molecular weight is 364 g/mol. The highest BCUT2D eigenvalue weighted by Crippen LogP contribution is 2.28. The van der Waals surface area contributed by atoms with Crippen molar-refractivity contribution in [3.8, 4) is 17.2 Å². The number of likely N-dealkylation sites (N-methyl/N-ethyl adjacent to an activating group) is 1. The van der Waals surface area contributed by atoms with Gasteiger partial charge in [-0.05, 0) is 42.8 Å². The van der Waals surface area contributed by atoms with E-state index in [1.165, 1.54) is 0 Å². The van der Waals surface area contributed by atoms with Crippen molar-refractivity contribution in [2.45, 2.75) is 13.5 Å². The van der Waals surface area contributed by atoms with E-state index in [1.54, 1.807) is 50.4 Å². The maximum Gasteiger partial charge on any atom is 0.260 e. The van der Waals surface area contributed by atoms with Crippen LogP contribution in [0.5, 0.6) is 17.2 Å². The molecule has 134 valence electrons. The van der Waals surface area contributed by atoms with Gasteiger partial charge in [-0.3, -0.25) is 4.79 Å². The van der Waals surface area contributed by atoms with Crippen LogP contribution in [0.4, 0.5) is 0 Å². The first-order chi connectivity index (χ1) is 11.9. The van der Waals surface area contributed by atoms with Crippen LogP contribution in [0.3, 0.4) is 0 Å². The molecule has 0 heterocycles. The van der Waals surface area contributed by atoms with Crippen LogP contribution in [0.15, 0.2) is 36.4 Å². The molecule has 0 saturated heterocycles. The minimum Gasteiger partial charge on any atom is -0.496 e. The molecule has 0 N–H and O–H groups in total. The Kier molecular flexibility index (Phi) is 6.53. The molecule has 0 fully saturated rings. The first-order valence-electron chi connectivity index (χ1n) is 7.78. The monoisotopic (exact) mass is 363 g/mol. The first-order valence-corrected chi connectivity index (χ1v) is 8.16. The fourth-order valence-corrected chi connectivity index (χ4v) is 2.55. The minimum atomic E-state index is -0.162. The molecule has 0 bridgehead atoms. The van der Waals surface area contributed by atoms with Gasteiger partial charge in [-0.2, -0.15) is 0 Å². The predicted molar refractivity (Wildman–Crippen MR) is 97.7 cm³/mol. The fourth-order valence-electron chi connectivity index (χ4n) is 2.36. The van der Waals surface area contributed by atoms with E-state index in [0.29, 0.717) is 28.8 Å². The average Bonchev–Trinajstić information content (AvgIpc) is 2.60. The molecule has 5 nitrogen and oxygen atoms in total. The number of carbonyl (C=O) groups excluding carboxylic acids is 1. The van der Waals surface area contributed by atoms with Gasteiger partial charge in [0.15, 0.2) is 18.1 Å². The number of halogens is 1. The summed E-state index contributed by atoms with van der Waals surface area (Å²) in [6, 6.07) is 10.9. The molecule has 0 aliphatic rings. The van der Waals surface area contributed by atoms with Gasteiger partial charge in [-0.15, -0.1) is 0 Å². The molecule has 2 aromatic rings. The third-order valence-electron chi connectivity index (χ3n) is 3.75. The highest BCUT2D eigenvalue weighted by molar-refractivity contribution is 6.30. The lowest BCUT2D eigenvalue weighted by Crippen LogP contribution is -2.31. The summed E-state index contributed by atoms with van der Waals surface area (Å²) in [5, 5.41) is 0.595. The lowest BCUT2D eigenvalue weighted by Gasteiger charge is -2.19. The molecule has 25 heavy (non-hydrogen) atoms. The van der Waals surface area contributed by atoms with Crippen LogP contribution >= 0.6 is 11.6 Å². The highest BCUT2D eigenvalue weighted by Gasteiger charge is 2.14. The summed E-state index contributed by atoms with van der Waals surface area (Å²) in [7, 11) is 4.86. The number of methoxy groups -OCH3 is 2. The smallest absolute Gasteiger partial charge is 0.260 e. The highest BCUT2D eigenvalue weighted by atomic mass is 35.5. The lowest BCUT2D eigenvalue weighted by molar-refractivity contribution is -0.132. The SMILES string of the molecule is COc1ccc(Cl)cc1CN(C)C(=O)COc1ccc(C)cc1OC. The summed E-state index contributed by atoms with van der Waals surface area (Å²) in [5.41, 5.74) is 1.89. The van der Waals surface area contributed by atoms with Gasteiger partial charge in [-0.25, -0.2) is 0 Å². The Morgan fingerprint density at radius 3 is 2.40 bits per heavy atom. The minimum absolute atomic E-state index is 0.0845. The third-order valence-corrected chi connectivity index (χ3v) is 3.98. The zero-order chi connectivity index (χ0) is 18.4. The molecule has 0 unspecified atom stereocenters. The molecule has 1 amide bonds. The second kappa shape index (κ2) is 8.62. The Labute approximate surface area is 153 Å². The summed E-state index contributed by atoms with van der Waals surface area (Å²) in [4.78, 5) is 13.9. The normalized spacial score (nSPS) is 10.3. The quantitative estimate of drug-likeness (QED) is 0.752. The molecule has 2 aromatic carbocycles. The van der Waals surface area contributed by atoms with Crippen LogP contribution in [0.25, 0.3) is 0 Å². The maximum absolute atomic E-state index is 12.4. The van der Waals surface area contributed by atoms with E-state index >= 15 is 0 Å². The maximum atomic E-state index is 12.4. The van der Waals surface area contributed by atoms with Gasteiger partial charge >= 0.3 is 0 Å². The van der Waals surface area contributed by atoms with Gasteiger partial charge in [0, 0.05) is 24.2 Å². The number of ether oxygens (including phenoxy) is 3. The first kappa shape index (κ1) is 18.9. The van der Waals surface area contributed by atoms with E-state index in [1.807, 2.05) is 19.1 Å². The number of hydrogen-bond acceptors (Lipinski definition) is 4. The second-order valence-corrected chi connectivity index (χ2v) is 6.09. The van der Waals surface area contributed by atoms with Gasteiger partial charge in [0.25, 0.3) is 5.91 Å². The summed E-state index contributed by atoms with van der Waals surface area (Å²) < 4.78 is 16.2. The number of rotatable bonds is 7. The van der Waals surface area contributed by atoms with Crippen LogP contribution in [0.1, 0.15) is 11.1 Å². The van der Waals surface area contributed by atoms with Crippen LogP contribution < -0.4 is 14.2 Å². The van der Waals surface area contributed by atoms with E-state index < -0.39 is 0 Å². The predicted octanol–water partition coefficient (Wildman–Crippen LogP) is 3.70. The van der Waals surface area contributed by atoms with Crippen LogP contribution in [0, 0.1) is 6.92 Å². The topological polar surface area (TPSA) is 48.0 Å². The Morgan fingerprint density at radius 2 is 1.72 bits per heavy atom. The molecular formula is C19H22ClNO4.